The van der Waals surface area contributed by atoms with E-state index in [0.717, 1.165) is 11.9 Å². The molecule has 0 aliphatic carbocycles. The molecule has 0 fully saturated rings. The van der Waals surface area contributed by atoms with Gasteiger partial charge in [0.15, 0.2) is 0 Å². The first-order valence-corrected chi connectivity index (χ1v) is 8.95. The van der Waals surface area contributed by atoms with E-state index in [0.29, 0.717) is 17.1 Å². The second-order valence-electron chi connectivity index (χ2n) is 7.79. The van der Waals surface area contributed by atoms with Gasteiger partial charge in [0.2, 0.25) is 11.6 Å². The Morgan fingerprint density at radius 3 is 2.72 bits per heavy atom. The minimum absolute atomic E-state index is 0.187. The van der Waals surface area contributed by atoms with Crippen LogP contribution in [0.5, 0.6) is 0 Å². The van der Waals surface area contributed by atoms with Gasteiger partial charge in [-0.05, 0) is 19.1 Å². The number of fused-ring (bicyclic) bond motifs is 3. The standard InChI is InChI=1S/C19H19FN6O3/c1-10-16-17(24-29-10)26-15(7-12(23-26)19(2,3)4)25(18(16)28)9-14(27)22-13-6-5-11(20)8-21-13/h5-8H,9H2,1-4H3,(H,21,22,27). The quantitative estimate of drug-likeness (QED) is 0.568. The van der Waals surface area contributed by atoms with E-state index in [1.807, 2.05) is 20.8 Å². The second-order valence-corrected chi connectivity index (χ2v) is 7.79. The van der Waals surface area contributed by atoms with Crippen LogP contribution in [0.2, 0.25) is 0 Å². The minimum atomic E-state index is -0.511. The number of nitrogens with zero attached hydrogens (tertiary/aromatic N) is 5. The fourth-order valence-electron chi connectivity index (χ4n) is 3.00. The molecular formula is C19H19FN6O3. The summed E-state index contributed by atoms with van der Waals surface area (Å²) in [6.07, 6.45) is 0.999. The number of carbonyl (C=O) groups excluding carboxylic acids is 1. The fraction of sp³-hybridized carbons (Fsp3) is 0.316. The number of amides is 1. The van der Waals surface area contributed by atoms with E-state index in [1.54, 1.807) is 13.0 Å². The van der Waals surface area contributed by atoms with Crippen molar-refractivity contribution in [3.8, 4) is 0 Å². The summed E-state index contributed by atoms with van der Waals surface area (Å²) in [5.74, 6) is -0.469. The molecular weight excluding hydrogens is 379 g/mol. The third-order valence-electron chi connectivity index (χ3n) is 4.54. The molecule has 0 atom stereocenters. The van der Waals surface area contributed by atoms with E-state index in [1.165, 1.54) is 21.2 Å². The Balaban J connectivity index is 1.83. The van der Waals surface area contributed by atoms with Gasteiger partial charge in [-0.3, -0.25) is 14.2 Å². The zero-order chi connectivity index (χ0) is 20.9. The van der Waals surface area contributed by atoms with E-state index in [-0.39, 0.29) is 23.2 Å². The molecule has 0 bridgehead atoms. The summed E-state index contributed by atoms with van der Waals surface area (Å²) < 4.78 is 21.0. The van der Waals surface area contributed by atoms with Crippen molar-refractivity contribution in [3.63, 3.8) is 0 Å². The van der Waals surface area contributed by atoms with Crippen LogP contribution in [0, 0.1) is 12.7 Å². The van der Waals surface area contributed by atoms with E-state index in [9.17, 15) is 14.0 Å². The molecule has 0 aromatic carbocycles. The summed E-state index contributed by atoms with van der Waals surface area (Å²) in [6.45, 7) is 7.33. The Morgan fingerprint density at radius 2 is 2.07 bits per heavy atom. The largest absolute Gasteiger partial charge is 0.359 e. The number of nitrogens with one attached hydrogen (secondary N) is 1. The lowest BCUT2D eigenvalue weighted by Crippen LogP contribution is -2.29. The van der Waals surface area contributed by atoms with Crippen molar-refractivity contribution in [1.29, 1.82) is 0 Å². The zero-order valence-corrected chi connectivity index (χ0v) is 16.4. The van der Waals surface area contributed by atoms with Crippen LogP contribution in [-0.4, -0.2) is 30.2 Å². The molecule has 0 unspecified atom stereocenters. The van der Waals surface area contributed by atoms with Crippen molar-refractivity contribution in [1.82, 2.24) is 24.3 Å². The number of hydrogen-bond acceptors (Lipinski definition) is 6. The van der Waals surface area contributed by atoms with Gasteiger partial charge in [0.05, 0.1) is 11.9 Å². The summed E-state index contributed by atoms with van der Waals surface area (Å²) in [7, 11) is 0. The van der Waals surface area contributed by atoms with Crippen molar-refractivity contribution in [2.24, 2.45) is 0 Å². The van der Waals surface area contributed by atoms with Gasteiger partial charge in [-0.25, -0.2) is 9.37 Å². The van der Waals surface area contributed by atoms with Gasteiger partial charge >= 0.3 is 0 Å². The third kappa shape index (κ3) is 3.26. The summed E-state index contributed by atoms with van der Waals surface area (Å²) in [4.78, 5) is 29.4. The lowest BCUT2D eigenvalue weighted by atomic mass is 9.93. The highest BCUT2D eigenvalue weighted by Crippen LogP contribution is 2.24. The highest BCUT2D eigenvalue weighted by Gasteiger charge is 2.24. The molecule has 29 heavy (non-hydrogen) atoms. The molecule has 1 N–H and O–H groups in total. The molecule has 0 spiro atoms. The fourth-order valence-corrected chi connectivity index (χ4v) is 3.00. The van der Waals surface area contributed by atoms with Crippen LogP contribution in [0.3, 0.4) is 0 Å². The Bertz CT molecular complexity index is 1290. The van der Waals surface area contributed by atoms with Gasteiger partial charge < -0.3 is 9.84 Å². The predicted octanol–water partition coefficient (Wildman–Crippen LogP) is 2.42. The van der Waals surface area contributed by atoms with Gasteiger partial charge in [-0.2, -0.15) is 9.61 Å². The van der Waals surface area contributed by atoms with Crippen molar-refractivity contribution in [2.75, 3.05) is 5.32 Å². The predicted molar refractivity (Wildman–Crippen MR) is 103 cm³/mol. The Hall–Kier alpha value is -3.56. The Labute approximate surface area is 164 Å². The van der Waals surface area contributed by atoms with Crippen LogP contribution in [0.25, 0.3) is 16.7 Å². The van der Waals surface area contributed by atoms with Gasteiger partial charge in [-0.15, -0.1) is 0 Å². The van der Waals surface area contributed by atoms with Crippen molar-refractivity contribution < 1.29 is 13.7 Å². The zero-order valence-electron chi connectivity index (χ0n) is 16.4. The van der Waals surface area contributed by atoms with E-state index in [4.69, 9.17) is 4.52 Å². The van der Waals surface area contributed by atoms with E-state index >= 15 is 0 Å². The topological polar surface area (TPSA) is 107 Å². The Morgan fingerprint density at radius 1 is 1.31 bits per heavy atom. The SMILES string of the molecule is Cc1onc2c1c(=O)n(CC(=O)Nc1ccc(F)cn1)c1cc(C(C)(C)C)nn21. The first-order valence-electron chi connectivity index (χ1n) is 8.95. The van der Waals surface area contributed by atoms with Crippen molar-refractivity contribution >= 4 is 28.4 Å². The lowest BCUT2D eigenvalue weighted by molar-refractivity contribution is -0.116. The molecule has 0 saturated carbocycles. The summed E-state index contributed by atoms with van der Waals surface area (Å²) >= 11 is 0. The average molecular weight is 398 g/mol. The monoisotopic (exact) mass is 398 g/mol. The number of hydrogen-bond donors (Lipinski definition) is 1. The highest BCUT2D eigenvalue weighted by molar-refractivity contribution is 5.90. The summed E-state index contributed by atoms with van der Waals surface area (Å²) in [6, 6.07) is 4.29. The van der Waals surface area contributed by atoms with Crippen LogP contribution < -0.4 is 10.9 Å². The minimum Gasteiger partial charge on any atom is -0.359 e. The molecule has 4 rings (SSSR count). The lowest BCUT2D eigenvalue weighted by Gasteiger charge is -2.13. The second kappa shape index (κ2) is 6.50. The van der Waals surface area contributed by atoms with Gasteiger partial charge in [0.1, 0.15) is 35.0 Å². The molecule has 4 aromatic rings. The number of carbonyl (C=O) groups is 1. The molecule has 10 heteroatoms. The van der Waals surface area contributed by atoms with E-state index in [2.05, 4.69) is 20.6 Å². The highest BCUT2D eigenvalue weighted by atomic mass is 19.1. The number of halogens is 1. The van der Waals surface area contributed by atoms with Crippen LogP contribution in [0.15, 0.2) is 33.7 Å². The van der Waals surface area contributed by atoms with Crippen molar-refractivity contribution in [2.45, 2.75) is 39.7 Å². The number of rotatable bonds is 3. The first-order chi connectivity index (χ1) is 13.6. The summed E-state index contributed by atoms with van der Waals surface area (Å²) in [5, 5.41) is 11.4. The molecule has 9 nitrogen and oxygen atoms in total. The van der Waals surface area contributed by atoms with Crippen LogP contribution in [-0.2, 0) is 16.8 Å². The van der Waals surface area contributed by atoms with Crippen molar-refractivity contribution in [3.05, 3.63) is 52.0 Å². The Kier molecular flexibility index (Phi) is 4.21. The molecule has 0 aliphatic rings. The average Bonchev–Trinajstić information content (AvgIpc) is 3.24. The van der Waals surface area contributed by atoms with E-state index < -0.39 is 17.3 Å². The van der Waals surface area contributed by atoms with Crippen LogP contribution in [0.1, 0.15) is 32.2 Å². The number of aryl methyl sites for hydroxylation is 1. The van der Waals surface area contributed by atoms with Gasteiger partial charge in [0.25, 0.3) is 5.56 Å². The maximum Gasteiger partial charge on any atom is 0.267 e. The number of anilines is 1. The molecule has 4 heterocycles. The molecule has 0 saturated heterocycles. The van der Waals surface area contributed by atoms with Gasteiger partial charge in [0, 0.05) is 11.5 Å². The molecule has 4 aromatic heterocycles. The van der Waals surface area contributed by atoms with Crippen LogP contribution >= 0.6 is 0 Å². The first kappa shape index (κ1) is 18.8. The smallest absolute Gasteiger partial charge is 0.267 e. The molecule has 150 valence electrons. The number of aromatic nitrogens is 5. The van der Waals surface area contributed by atoms with Gasteiger partial charge in [-0.1, -0.05) is 25.9 Å². The molecule has 0 radical (unpaired) electrons. The maximum atomic E-state index is 13.1. The maximum absolute atomic E-state index is 13.1. The third-order valence-corrected chi connectivity index (χ3v) is 4.54. The molecule has 0 aliphatic heterocycles. The normalized spacial score (nSPS) is 12.0. The summed E-state index contributed by atoms with van der Waals surface area (Å²) in [5.41, 5.74) is 0.768. The number of pyridine rings is 1. The van der Waals surface area contributed by atoms with Crippen LogP contribution in [0.4, 0.5) is 10.2 Å². The molecule has 1 amide bonds.